The molecule has 1 aromatic heterocycles. The lowest BCUT2D eigenvalue weighted by atomic mass is 10.1. The van der Waals surface area contributed by atoms with E-state index in [1.807, 2.05) is 41.9 Å². The molecular weight excluding hydrogens is 418 g/mol. The summed E-state index contributed by atoms with van der Waals surface area (Å²) in [5, 5.41) is 6.27. The van der Waals surface area contributed by atoms with Crippen LogP contribution in [0.2, 0.25) is 0 Å². The quantitative estimate of drug-likeness (QED) is 0.645. The third-order valence-corrected chi connectivity index (χ3v) is 6.12. The van der Waals surface area contributed by atoms with Crippen LogP contribution in [0.4, 0.5) is 28.6 Å². The van der Waals surface area contributed by atoms with Gasteiger partial charge in [-0.1, -0.05) is 12.1 Å². The third-order valence-electron chi connectivity index (χ3n) is 6.12. The number of hydrogen-bond donors (Lipinski definition) is 2. The second-order valence-electron chi connectivity index (χ2n) is 8.26. The van der Waals surface area contributed by atoms with Crippen molar-refractivity contribution in [2.75, 3.05) is 55.9 Å². The molecule has 0 atom stereocenters. The predicted molar refractivity (Wildman–Crippen MR) is 129 cm³/mol. The zero-order chi connectivity index (χ0) is 22.9. The molecule has 2 N–H and O–H groups in total. The van der Waals surface area contributed by atoms with Crippen LogP contribution < -0.4 is 25.9 Å². The molecule has 0 radical (unpaired) electrons. The number of amides is 1. The van der Waals surface area contributed by atoms with Crippen LogP contribution in [0.1, 0.15) is 10.4 Å². The fourth-order valence-electron chi connectivity index (χ4n) is 4.13. The van der Waals surface area contributed by atoms with Crippen molar-refractivity contribution in [2.24, 2.45) is 12.0 Å². The van der Waals surface area contributed by atoms with E-state index in [9.17, 15) is 4.79 Å². The number of carbonyl (C=O) groups excluding carboxylic acids is 1. The molecule has 1 amide bonds. The second kappa shape index (κ2) is 8.59. The van der Waals surface area contributed by atoms with Gasteiger partial charge < -0.3 is 25.2 Å². The Labute approximate surface area is 192 Å². The lowest BCUT2D eigenvalue weighted by Gasteiger charge is -2.34. The molecule has 1 saturated heterocycles. The summed E-state index contributed by atoms with van der Waals surface area (Å²) in [6.45, 7) is 4.04. The summed E-state index contributed by atoms with van der Waals surface area (Å²) in [7, 11) is 5.66. The van der Waals surface area contributed by atoms with Gasteiger partial charge in [0.15, 0.2) is 0 Å². The number of nitrogens with zero attached hydrogens (tertiary/aromatic N) is 5. The summed E-state index contributed by atoms with van der Waals surface area (Å²) < 4.78 is 7.49. The standard InChI is InChI=1S/C24H27N7O2/c1-29-10-12-31(13-11-29)16-8-9-19(21(14-16)33-3)28-24-25-15-20-22(30(24)2)26-18-7-5-4-6-17(18)23(32)27-20/h4-9,14-15,26H,10-13H2,1-3H3,(H,27,32). The van der Waals surface area contributed by atoms with Gasteiger partial charge in [-0.15, -0.1) is 0 Å². The molecule has 170 valence electrons. The number of benzene rings is 2. The Kier molecular flexibility index (Phi) is 5.47. The summed E-state index contributed by atoms with van der Waals surface area (Å²) >= 11 is 0. The van der Waals surface area contributed by atoms with Gasteiger partial charge in [-0.25, -0.2) is 9.98 Å². The lowest BCUT2D eigenvalue weighted by molar-refractivity contribution is 0.102. The van der Waals surface area contributed by atoms with Crippen molar-refractivity contribution in [1.82, 2.24) is 14.5 Å². The molecule has 2 aromatic carbocycles. The van der Waals surface area contributed by atoms with Gasteiger partial charge in [0.25, 0.3) is 5.91 Å². The van der Waals surface area contributed by atoms with Crippen molar-refractivity contribution in [3.8, 4) is 5.75 Å². The number of rotatable bonds is 3. The monoisotopic (exact) mass is 445 g/mol. The van der Waals surface area contributed by atoms with Gasteiger partial charge in [-0.05, 0) is 31.3 Å². The first kappa shape index (κ1) is 21.0. The van der Waals surface area contributed by atoms with Gasteiger partial charge in [0.2, 0.25) is 5.62 Å². The van der Waals surface area contributed by atoms with Gasteiger partial charge in [-0.2, -0.15) is 0 Å². The van der Waals surface area contributed by atoms with Gasteiger partial charge >= 0.3 is 0 Å². The molecule has 0 saturated carbocycles. The van der Waals surface area contributed by atoms with E-state index in [0.717, 1.165) is 37.6 Å². The fourth-order valence-corrected chi connectivity index (χ4v) is 4.13. The van der Waals surface area contributed by atoms with Crippen LogP contribution in [-0.4, -0.2) is 60.7 Å². The molecule has 2 aliphatic heterocycles. The minimum atomic E-state index is -0.176. The molecule has 1 fully saturated rings. The highest BCUT2D eigenvalue weighted by Crippen LogP contribution is 2.33. The van der Waals surface area contributed by atoms with E-state index in [1.54, 1.807) is 19.4 Å². The van der Waals surface area contributed by atoms with Crippen molar-refractivity contribution in [1.29, 1.82) is 0 Å². The summed E-state index contributed by atoms with van der Waals surface area (Å²) in [5.74, 6) is 1.22. The van der Waals surface area contributed by atoms with Gasteiger partial charge in [0.05, 0.1) is 24.6 Å². The molecule has 3 aromatic rings. The van der Waals surface area contributed by atoms with Crippen LogP contribution in [0.3, 0.4) is 0 Å². The molecule has 0 spiro atoms. The average Bonchev–Trinajstić information content (AvgIpc) is 2.98. The Morgan fingerprint density at radius 2 is 1.79 bits per heavy atom. The zero-order valence-electron chi connectivity index (χ0n) is 19.0. The number of fused-ring (bicyclic) bond motifs is 2. The number of carbonyl (C=O) groups is 1. The van der Waals surface area contributed by atoms with Crippen molar-refractivity contribution < 1.29 is 9.53 Å². The average molecular weight is 446 g/mol. The highest BCUT2D eigenvalue weighted by molar-refractivity contribution is 6.11. The number of para-hydroxylation sites is 1. The van der Waals surface area contributed by atoms with Crippen molar-refractivity contribution in [3.63, 3.8) is 0 Å². The molecule has 9 heteroatoms. The molecule has 0 aliphatic carbocycles. The third kappa shape index (κ3) is 4.03. The molecule has 0 bridgehead atoms. The highest BCUT2D eigenvalue weighted by Gasteiger charge is 2.21. The van der Waals surface area contributed by atoms with E-state index in [4.69, 9.17) is 9.73 Å². The van der Waals surface area contributed by atoms with E-state index >= 15 is 0 Å². The first-order chi connectivity index (χ1) is 16.0. The number of anilines is 4. The van der Waals surface area contributed by atoms with E-state index in [1.165, 1.54) is 0 Å². The van der Waals surface area contributed by atoms with Crippen LogP contribution >= 0.6 is 0 Å². The maximum Gasteiger partial charge on any atom is 0.257 e. The number of methoxy groups -OCH3 is 1. The Balaban J connectivity index is 1.52. The Hall–Kier alpha value is -3.85. The van der Waals surface area contributed by atoms with Crippen LogP contribution in [0.15, 0.2) is 53.7 Å². The van der Waals surface area contributed by atoms with E-state index < -0.39 is 0 Å². The number of nitrogens with one attached hydrogen (secondary N) is 2. The predicted octanol–water partition coefficient (Wildman–Crippen LogP) is 2.72. The largest absolute Gasteiger partial charge is 0.494 e. The molecule has 0 unspecified atom stereocenters. The van der Waals surface area contributed by atoms with Crippen LogP contribution in [0, 0.1) is 0 Å². The summed E-state index contributed by atoms with van der Waals surface area (Å²) in [4.78, 5) is 26.5. The maximum atomic E-state index is 12.6. The summed E-state index contributed by atoms with van der Waals surface area (Å²) in [6, 6.07) is 13.5. The van der Waals surface area contributed by atoms with Gasteiger partial charge in [0, 0.05) is 45.0 Å². The number of ether oxygens (including phenoxy) is 1. The van der Waals surface area contributed by atoms with Crippen molar-refractivity contribution >= 4 is 34.5 Å². The summed E-state index contributed by atoms with van der Waals surface area (Å²) in [5.41, 5.74) is 4.20. The number of hydrogen-bond acceptors (Lipinski definition) is 7. The molecule has 3 heterocycles. The van der Waals surface area contributed by atoms with Crippen LogP contribution in [-0.2, 0) is 7.05 Å². The molecule has 5 rings (SSSR count). The van der Waals surface area contributed by atoms with Crippen molar-refractivity contribution in [2.45, 2.75) is 0 Å². The Morgan fingerprint density at radius 1 is 1.00 bits per heavy atom. The van der Waals surface area contributed by atoms with Gasteiger partial charge in [0.1, 0.15) is 22.9 Å². The smallest absolute Gasteiger partial charge is 0.257 e. The highest BCUT2D eigenvalue weighted by atomic mass is 16.5. The maximum absolute atomic E-state index is 12.6. The molecule has 2 aliphatic rings. The SMILES string of the molecule is COc1cc(N2CCN(C)CC2)ccc1N=c1ncc2c(n1C)Nc1ccccc1C(=O)N2. The number of aromatic nitrogens is 2. The first-order valence-corrected chi connectivity index (χ1v) is 10.9. The Bertz CT molecular complexity index is 1280. The van der Waals surface area contributed by atoms with Crippen molar-refractivity contribution in [3.05, 3.63) is 59.8 Å². The Morgan fingerprint density at radius 3 is 2.58 bits per heavy atom. The normalized spacial score (nSPS) is 16.4. The molecule has 33 heavy (non-hydrogen) atoms. The number of piperazine rings is 1. The minimum Gasteiger partial charge on any atom is -0.494 e. The van der Waals surface area contributed by atoms with Crippen LogP contribution in [0.25, 0.3) is 0 Å². The second-order valence-corrected chi connectivity index (χ2v) is 8.26. The molecular formula is C24H27N7O2. The fraction of sp³-hybridized carbons (Fsp3) is 0.292. The minimum absolute atomic E-state index is 0.176. The van der Waals surface area contributed by atoms with Crippen LogP contribution in [0.5, 0.6) is 5.75 Å². The van der Waals surface area contributed by atoms with E-state index in [0.29, 0.717) is 34.1 Å². The topological polar surface area (TPSA) is 87.0 Å². The molecule has 9 nitrogen and oxygen atoms in total. The zero-order valence-corrected chi connectivity index (χ0v) is 19.0. The lowest BCUT2D eigenvalue weighted by Crippen LogP contribution is -2.44. The number of likely N-dealkylation sites (N-methyl/N-ethyl adjacent to an activating group) is 1. The summed E-state index contributed by atoms with van der Waals surface area (Å²) in [6.07, 6.45) is 1.62. The van der Waals surface area contributed by atoms with E-state index in [-0.39, 0.29) is 5.91 Å². The van der Waals surface area contributed by atoms with Gasteiger partial charge in [-0.3, -0.25) is 9.36 Å². The first-order valence-electron chi connectivity index (χ1n) is 10.9. The van der Waals surface area contributed by atoms with E-state index in [2.05, 4.69) is 38.5 Å².